The topological polar surface area (TPSA) is 96.0 Å². The number of halogens is 1. The number of sulfonamides is 1. The molecule has 1 fully saturated rings. The lowest BCUT2D eigenvalue weighted by atomic mass is 9.94. The van der Waals surface area contributed by atoms with Crippen LogP contribution in [0.25, 0.3) is 0 Å². The van der Waals surface area contributed by atoms with E-state index in [1.165, 1.54) is 12.0 Å². The SMILES string of the molecule is COc1ccccc1N(CC(=O)N(Cc1cccc(Br)c1)[C@H](Cc1ccccc1)C(=O)NC1CCCCC1)S(C)(=O)=O. The number of hydrogen-bond donors (Lipinski definition) is 1. The summed E-state index contributed by atoms with van der Waals surface area (Å²) in [5, 5.41) is 3.21. The van der Waals surface area contributed by atoms with Crippen LogP contribution in [0.3, 0.4) is 0 Å². The van der Waals surface area contributed by atoms with Crippen molar-refractivity contribution in [3.63, 3.8) is 0 Å². The molecular formula is C32H38BrN3O5S. The highest BCUT2D eigenvalue weighted by Gasteiger charge is 2.34. The smallest absolute Gasteiger partial charge is 0.244 e. The van der Waals surface area contributed by atoms with Gasteiger partial charge in [-0.2, -0.15) is 0 Å². The fourth-order valence-corrected chi connectivity index (χ4v) is 6.66. The Bertz CT molecular complexity index is 1460. The van der Waals surface area contributed by atoms with E-state index in [0.717, 1.165) is 58.3 Å². The van der Waals surface area contributed by atoms with Crippen molar-refractivity contribution in [2.75, 3.05) is 24.2 Å². The summed E-state index contributed by atoms with van der Waals surface area (Å²) in [4.78, 5) is 29.8. The Morgan fingerprint density at radius 1 is 0.952 bits per heavy atom. The minimum absolute atomic E-state index is 0.0495. The van der Waals surface area contributed by atoms with E-state index < -0.39 is 28.5 Å². The first-order chi connectivity index (χ1) is 20.2. The van der Waals surface area contributed by atoms with E-state index in [4.69, 9.17) is 4.74 Å². The summed E-state index contributed by atoms with van der Waals surface area (Å²) >= 11 is 3.50. The van der Waals surface area contributed by atoms with E-state index in [0.29, 0.717) is 5.75 Å². The summed E-state index contributed by atoms with van der Waals surface area (Å²) in [5.41, 5.74) is 1.96. The number of para-hydroxylation sites is 2. The fourth-order valence-electron chi connectivity index (χ4n) is 5.36. The molecule has 0 heterocycles. The molecule has 10 heteroatoms. The van der Waals surface area contributed by atoms with Crippen LogP contribution in [-0.2, 0) is 32.6 Å². The zero-order chi connectivity index (χ0) is 30.1. The molecule has 0 radical (unpaired) electrons. The first kappa shape index (κ1) is 31.6. The molecule has 3 aromatic carbocycles. The van der Waals surface area contributed by atoms with E-state index in [1.54, 1.807) is 24.3 Å². The third-order valence-corrected chi connectivity index (χ3v) is 9.12. The molecule has 1 aliphatic carbocycles. The average molecular weight is 657 g/mol. The number of carbonyl (C=O) groups is 2. The lowest BCUT2D eigenvalue weighted by Crippen LogP contribution is -2.55. The molecule has 1 atom stereocenters. The number of rotatable bonds is 12. The van der Waals surface area contributed by atoms with Gasteiger partial charge in [0, 0.05) is 23.5 Å². The monoisotopic (exact) mass is 655 g/mol. The molecule has 3 aromatic rings. The van der Waals surface area contributed by atoms with Gasteiger partial charge in [-0.25, -0.2) is 8.42 Å². The molecule has 0 unspecified atom stereocenters. The van der Waals surface area contributed by atoms with Crippen LogP contribution in [-0.4, -0.2) is 57.1 Å². The highest BCUT2D eigenvalue weighted by molar-refractivity contribution is 9.10. The normalized spacial score (nSPS) is 14.5. The standard InChI is InChI=1S/C32H38BrN3O5S/c1-41-30-19-10-9-18-28(30)36(42(2,39)40)23-31(37)35(22-25-14-11-15-26(33)20-25)29(21-24-12-5-3-6-13-24)32(38)34-27-16-7-4-8-17-27/h3,5-6,9-15,18-20,27,29H,4,7-8,16-17,21-23H2,1-2H3,(H,34,38)/t29-/m1/s1. The molecule has 0 bridgehead atoms. The van der Waals surface area contributed by atoms with Crippen molar-refractivity contribution in [2.24, 2.45) is 0 Å². The predicted molar refractivity (Wildman–Crippen MR) is 169 cm³/mol. The van der Waals surface area contributed by atoms with E-state index in [-0.39, 0.29) is 30.6 Å². The van der Waals surface area contributed by atoms with Crippen LogP contribution in [0.5, 0.6) is 5.75 Å². The molecule has 1 aliphatic rings. The number of anilines is 1. The third-order valence-electron chi connectivity index (χ3n) is 7.50. The highest BCUT2D eigenvalue weighted by Crippen LogP contribution is 2.30. The van der Waals surface area contributed by atoms with Gasteiger partial charge >= 0.3 is 0 Å². The van der Waals surface area contributed by atoms with Crippen LogP contribution in [0, 0.1) is 0 Å². The number of methoxy groups -OCH3 is 1. The quantitative estimate of drug-likeness (QED) is 0.285. The van der Waals surface area contributed by atoms with Gasteiger partial charge in [-0.15, -0.1) is 0 Å². The highest BCUT2D eigenvalue weighted by atomic mass is 79.9. The summed E-state index contributed by atoms with van der Waals surface area (Å²) in [5.74, 6) is -0.409. The van der Waals surface area contributed by atoms with Crippen molar-refractivity contribution in [2.45, 2.75) is 57.2 Å². The number of nitrogens with one attached hydrogen (secondary N) is 1. The van der Waals surface area contributed by atoms with E-state index in [2.05, 4.69) is 21.2 Å². The first-order valence-electron chi connectivity index (χ1n) is 14.1. The van der Waals surface area contributed by atoms with Crippen molar-refractivity contribution in [3.05, 3.63) is 94.5 Å². The van der Waals surface area contributed by atoms with Crippen LogP contribution in [0.15, 0.2) is 83.3 Å². The van der Waals surface area contributed by atoms with E-state index in [9.17, 15) is 18.0 Å². The summed E-state index contributed by atoms with van der Waals surface area (Å²) in [7, 11) is -2.44. The van der Waals surface area contributed by atoms with Gasteiger partial charge in [0.15, 0.2) is 0 Å². The number of carbonyl (C=O) groups excluding carboxylic acids is 2. The van der Waals surface area contributed by atoms with Crippen molar-refractivity contribution in [1.29, 1.82) is 0 Å². The van der Waals surface area contributed by atoms with E-state index >= 15 is 0 Å². The van der Waals surface area contributed by atoms with Crippen LogP contribution in [0.4, 0.5) is 5.69 Å². The van der Waals surface area contributed by atoms with Gasteiger partial charge < -0.3 is 15.0 Å². The van der Waals surface area contributed by atoms with Crippen LogP contribution >= 0.6 is 15.9 Å². The summed E-state index contributed by atoms with van der Waals surface area (Å²) in [6, 6.07) is 23.0. The lowest BCUT2D eigenvalue weighted by molar-refractivity contribution is -0.140. The van der Waals surface area contributed by atoms with Crippen molar-refractivity contribution >= 4 is 43.5 Å². The lowest BCUT2D eigenvalue weighted by Gasteiger charge is -2.35. The maximum atomic E-state index is 14.3. The van der Waals surface area contributed by atoms with Gasteiger partial charge in [-0.05, 0) is 48.2 Å². The van der Waals surface area contributed by atoms with Crippen LogP contribution in [0.1, 0.15) is 43.2 Å². The molecule has 1 saturated carbocycles. The Hall–Kier alpha value is -3.37. The minimum atomic E-state index is -3.89. The summed E-state index contributed by atoms with van der Waals surface area (Å²) in [6.45, 7) is -0.368. The van der Waals surface area contributed by atoms with E-state index in [1.807, 2.05) is 54.6 Å². The van der Waals surface area contributed by atoms with Gasteiger partial charge in [0.05, 0.1) is 19.1 Å². The number of amides is 2. The summed E-state index contributed by atoms with van der Waals surface area (Å²) < 4.78 is 33.4. The Labute approximate surface area is 257 Å². The Balaban J connectivity index is 1.74. The van der Waals surface area contributed by atoms with Gasteiger partial charge in [0.25, 0.3) is 0 Å². The molecule has 0 aromatic heterocycles. The van der Waals surface area contributed by atoms with Crippen molar-refractivity contribution < 1.29 is 22.7 Å². The Morgan fingerprint density at radius 3 is 2.29 bits per heavy atom. The van der Waals surface area contributed by atoms with Crippen LogP contribution in [0.2, 0.25) is 0 Å². The number of nitrogens with zero attached hydrogens (tertiary/aromatic N) is 2. The van der Waals surface area contributed by atoms with Gasteiger partial charge in [0.1, 0.15) is 18.3 Å². The molecular weight excluding hydrogens is 618 g/mol. The first-order valence-corrected chi connectivity index (χ1v) is 16.8. The van der Waals surface area contributed by atoms with Crippen LogP contribution < -0.4 is 14.4 Å². The molecule has 2 amide bonds. The zero-order valence-electron chi connectivity index (χ0n) is 24.0. The molecule has 224 valence electrons. The molecule has 0 saturated heterocycles. The maximum Gasteiger partial charge on any atom is 0.244 e. The molecule has 1 N–H and O–H groups in total. The number of ether oxygens (including phenoxy) is 1. The van der Waals surface area contributed by atoms with Crippen molar-refractivity contribution in [3.8, 4) is 5.75 Å². The Morgan fingerprint density at radius 2 is 1.62 bits per heavy atom. The molecule has 0 spiro atoms. The summed E-state index contributed by atoms with van der Waals surface area (Å²) in [6.07, 6.45) is 6.40. The second-order valence-corrected chi connectivity index (χ2v) is 13.5. The maximum absolute atomic E-state index is 14.3. The van der Waals surface area contributed by atoms with Gasteiger partial charge in [-0.1, -0.05) is 89.8 Å². The zero-order valence-corrected chi connectivity index (χ0v) is 26.4. The second kappa shape index (κ2) is 14.7. The largest absolute Gasteiger partial charge is 0.495 e. The number of hydrogen-bond acceptors (Lipinski definition) is 5. The predicted octanol–water partition coefficient (Wildman–Crippen LogP) is 5.31. The van der Waals surface area contributed by atoms with Crippen molar-refractivity contribution in [1.82, 2.24) is 10.2 Å². The second-order valence-electron chi connectivity index (χ2n) is 10.6. The molecule has 4 rings (SSSR count). The molecule has 42 heavy (non-hydrogen) atoms. The fraction of sp³-hybridized carbons (Fsp3) is 0.375. The molecule has 0 aliphatic heterocycles. The third kappa shape index (κ3) is 8.58. The Kier molecular flexibility index (Phi) is 11.0. The van der Waals surface area contributed by atoms with Gasteiger partial charge in [-0.3, -0.25) is 13.9 Å². The number of benzene rings is 3. The average Bonchev–Trinajstić information content (AvgIpc) is 2.98. The van der Waals surface area contributed by atoms with Gasteiger partial charge in [0.2, 0.25) is 21.8 Å². The minimum Gasteiger partial charge on any atom is -0.495 e. The molecule has 8 nitrogen and oxygen atoms in total.